The van der Waals surface area contributed by atoms with E-state index in [1.54, 1.807) is 5.57 Å². The van der Waals surface area contributed by atoms with E-state index < -0.39 is 17.6 Å². The fourth-order valence-electron chi connectivity index (χ4n) is 5.36. The lowest BCUT2D eigenvalue weighted by molar-refractivity contribution is -0.137. The van der Waals surface area contributed by atoms with E-state index in [9.17, 15) is 22.8 Å². The van der Waals surface area contributed by atoms with Crippen molar-refractivity contribution in [2.24, 2.45) is 17.8 Å². The molecule has 168 valence electrons. The third-order valence-corrected chi connectivity index (χ3v) is 7.19. The number of nitrogens with zero attached hydrogens (tertiary/aromatic N) is 1. The molecule has 1 aliphatic heterocycles. The zero-order valence-electron chi connectivity index (χ0n) is 17.8. The molecule has 1 aromatic rings. The standard InChI is InChI=1S/C24H29F3N2O2/c1-2-15-6-8-18(9-7-15)29-13-19-20(14-29)23(19)21(30)10-11-22(31)28-17-5-3-4-16(12-17)24(25,26)27/h2-5,12,18-20,23H,6-11,13-14H2,1H3,(H,28,31)/t18?,19-,20+,23?. The van der Waals surface area contributed by atoms with E-state index in [1.807, 2.05) is 0 Å². The Labute approximate surface area is 180 Å². The molecule has 3 fully saturated rings. The zero-order chi connectivity index (χ0) is 22.2. The van der Waals surface area contributed by atoms with Gasteiger partial charge in [0.15, 0.2) is 0 Å². The summed E-state index contributed by atoms with van der Waals surface area (Å²) < 4.78 is 38.4. The minimum Gasteiger partial charge on any atom is -0.326 e. The molecule has 0 bridgehead atoms. The number of fused-ring (bicyclic) bond motifs is 1. The van der Waals surface area contributed by atoms with Crippen molar-refractivity contribution in [2.75, 3.05) is 18.4 Å². The largest absolute Gasteiger partial charge is 0.416 e. The summed E-state index contributed by atoms with van der Waals surface area (Å²) in [6, 6.07) is 5.17. The van der Waals surface area contributed by atoms with Crippen molar-refractivity contribution in [3.05, 3.63) is 41.5 Å². The Bertz CT molecular complexity index is 858. The Morgan fingerprint density at radius 2 is 1.81 bits per heavy atom. The van der Waals surface area contributed by atoms with Crippen molar-refractivity contribution < 1.29 is 22.8 Å². The first-order valence-corrected chi connectivity index (χ1v) is 11.1. The molecule has 1 saturated heterocycles. The number of piperidine rings is 1. The highest BCUT2D eigenvalue weighted by atomic mass is 19.4. The number of likely N-dealkylation sites (tertiary alicyclic amines) is 1. The number of hydrogen-bond donors (Lipinski definition) is 1. The van der Waals surface area contributed by atoms with E-state index in [2.05, 4.69) is 23.2 Å². The average Bonchev–Trinajstić information content (AvgIpc) is 3.25. The molecule has 0 spiro atoms. The molecule has 1 amide bonds. The summed E-state index contributed by atoms with van der Waals surface area (Å²) in [5.41, 5.74) is 0.841. The molecule has 2 aliphatic carbocycles. The summed E-state index contributed by atoms with van der Waals surface area (Å²) in [5, 5.41) is 2.47. The molecular weight excluding hydrogens is 405 g/mol. The molecule has 4 nitrogen and oxygen atoms in total. The van der Waals surface area contributed by atoms with Crippen LogP contribution in [0.2, 0.25) is 0 Å². The lowest BCUT2D eigenvalue weighted by Gasteiger charge is -2.33. The molecular formula is C24H29F3N2O2. The van der Waals surface area contributed by atoms with Gasteiger partial charge in [0.2, 0.25) is 5.91 Å². The maximum absolute atomic E-state index is 12.8. The van der Waals surface area contributed by atoms with Gasteiger partial charge in [0.25, 0.3) is 0 Å². The number of carbonyl (C=O) groups is 2. The van der Waals surface area contributed by atoms with Crippen molar-refractivity contribution in [3.8, 4) is 0 Å². The second-order valence-electron chi connectivity index (χ2n) is 9.08. The van der Waals surface area contributed by atoms with E-state index in [0.717, 1.165) is 25.2 Å². The van der Waals surface area contributed by atoms with Crippen molar-refractivity contribution in [2.45, 2.75) is 57.7 Å². The van der Waals surface area contributed by atoms with Crippen LogP contribution in [0.15, 0.2) is 35.9 Å². The third-order valence-electron chi connectivity index (χ3n) is 7.19. The van der Waals surface area contributed by atoms with Crippen molar-refractivity contribution in [1.82, 2.24) is 4.90 Å². The number of benzene rings is 1. The van der Waals surface area contributed by atoms with Crippen LogP contribution in [-0.2, 0) is 15.8 Å². The van der Waals surface area contributed by atoms with Gasteiger partial charge in [0.1, 0.15) is 5.78 Å². The van der Waals surface area contributed by atoms with Crippen LogP contribution < -0.4 is 5.32 Å². The number of amides is 1. The summed E-state index contributed by atoms with van der Waals surface area (Å²) >= 11 is 0. The highest BCUT2D eigenvalue weighted by molar-refractivity contribution is 5.94. The van der Waals surface area contributed by atoms with Crippen LogP contribution in [0.4, 0.5) is 18.9 Å². The van der Waals surface area contributed by atoms with Gasteiger partial charge in [-0.25, -0.2) is 0 Å². The number of alkyl halides is 3. The number of halogens is 3. The van der Waals surface area contributed by atoms with Gasteiger partial charge in [0, 0.05) is 43.6 Å². The Kier molecular flexibility index (Phi) is 6.24. The molecule has 31 heavy (non-hydrogen) atoms. The first-order chi connectivity index (χ1) is 14.8. The maximum Gasteiger partial charge on any atom is 0.416 e. The van der Waals surface area contributed by atoms with Crippen LogP contribution in [0.1, 0.15) is 51.0 Å². The average molecular weight is 435 g/mol. The predicted molar refractivity (Wildman–Crippen MR) is 112 cm³/mol. The predicted octanol–water partition coefficient (Wildman–Crippen LogP) is 5.06. The summed E-state index contributed by atoms with van der Waals surface area (Å²) in [4.78, 5) is 27.2. The van der Waals surface area contributed by atoms with Gasteiger partial charge in [-0.1, -0.05) is 17.7 Å². The zero-order valence-corrected chi connectivity index (χ0v) is 17.8. The van der Waals surface area contributed by atoms with E-state index in [1.165, 1.54) is 37.8 Å². The van der Waals surface area contributed by atoms with Crippen LogP contribution in [-0.4, -0.2) is 35.7 Å². The fraction of sp³-hybridized carbons (Fsp3) is 0.583. The molecule has 1 aromatic carbocycles. The maximum atomic E-state index is 12.8. The molecule has 2 saturated carbocycles. The van der Waals surface area contributed by atoms with Crippen molar-refractivity contribution in [3.63, 3.8) is 0 Å². The van der Waals surface area contributed by atoms with E-state index in [4.69, 9.17) is 0 Å². The molecule has 1 heterocycles. The normalized spacial score (nSPS) is 28.2. The minimum atomic E-state index is -4.46. The van der Waals surface area contributed by atoms with Gasteiger partial charge >= 0.3 is 6.18 Å². The summed E-state index contributed by atoms with van der Waals surface area (Å²) in [6.45, 7) is 4.07. The quantitative estimate of drug-likeness (QED) is 0.637. The number of allylic oxidation sites excluding steroid dienone is 2. The molecule has 7 heteroatoms. The van der Waals surface area contributed by atoms with Gasteiger partial charge in [0.05, 0.1) is 5.56 Å². The van der Waals surface area contributed by atoms with E-state index in [-0.39, 0.29) is 30.2 Å². The van der Waals surface area contributed by atoms with Gasteiger partial charge in [-0.05, 0) is 62.6 Å². The van der Waals surface area contributed by atoms with Gasteiger partial charge in [-0.2, -0.15) is 13.2 Å². The summed E-state index contributed by atoms with van der Waals surface area (Å²) in [5.74, 6) is 0.590. The topological polar surface area (TPSA) is 49.4 Å². The fourth-order valence-corrected chi connectivity index (χ4v) is 5.36. The molecule has 0 aromatic heterocycles. The molecule has 4 rings (SSSR count). The molecule has 0 radical (unpaired) electrons. The highest BCUT2D eigenvalue weighted by Crippen LogP contribution is 2.53. The van der Waals surface area contributed by atoms with Gasteiger partial charge in [-0.3, -0.25) is 14.5 Å². The highest BCUT2D eigenvalue weighted by Gasteiger charge is 2.59. The Hall–Kier alpha value is -2.15. The molecule has 3 atom stereocenters. The number of rotatable bonds is 6. The molecule has 1 unspecified atom stereocenters. The summed E-state index contributed by atoms with van der Waals surface area (Å²) in [6.07, 6.45) is 2.68. The van der Waals surface area contributed by atoms with Crippen LogP contribution in [0.3, 0.4) is 0 Å². The lowest BCUT2D eigenvalue weighted by Crippen LogP contribution is -2.38. The first-order valence-electron chi connectivity index (χ1n) is 11.1. The summed E-state index contributed by atoms with van der Waals surface area (Å²) in [7, 11) is 0. The van der Waals surface area contributed by atoms with Crippen molar-refractivity contribution >= 4 is 17.4 Å². The molecule has 3 aliphatic rings. The monoisotopic (exact) mass is 434 g/mol. The van der Waals surface area contributed by atoms with Crippen LogP contribution in [0, 0.1) is 17.8 Å². The smallest absolute Gasteiger partial charge is 0.326 e. The number of anilines is 1. The second kappa shape index (κ2) is 8.77. The lowest BCUT2D eigenvalue weighted by atomic mass is 9.89. The second-order valence-corrected chi connectivity index (χ2v) is 9.08. The Morgan fingerprint density at radius 1 is 1.13 bits per heavy atom. The van der Waals surface area contributed by atoms with Crippen LogP contribution >= 0.6 is 0 Å². The van der Waals surface area contributed by atoms with Crippen molar-refractivity contribution in [1.29, 1.82) is 0 Å². The Morgan fingerprint density at radius 3 is 2.42 bits per heavy atom. The number of hydrogen-bond acceptors (Lipinski definition) is 3. The van der Waals surface area contributed by atoms with Gasteiger partial charge in [-0.15, -0.1) is 0 Å². The number of carbonyl (C=O) groups excluding carboxylic acids is 2. The van der Waals surface area contributed by atoms with E-state index in [0.29, 0.717) is 17.9 Å². The van der Waals surface area contributed by atoms with Crippen LogP contribution in [0.25, 0.3) is 0 Å². The number of ketones is 1. The first kappa shape index (κ1) is 22.1. The van der Waals surface area contributed by atoms with Gasteiger partial charge < -0.3 is 5.32 Å². The third kappa shape index (κ3) is 5.03. The molecule has 1 N–H and O–H groups in total. The minimum absolute atomic E-state index is 0.00346. The van der Waals surface area contributed by atoms with E-state index >= 15 is 0 Å². The SMILES string of the molecule is CC=C1CCC(N2C[C@@H]3C(C(=O)CCC(=O)Nc4cccc(C(F)(F)F)c4)[C@@H]3C2)CC1. The number of nitrogens with one attached hydrogen (secondary N) is 1. The number of Topliss-reactive ketones (excluding diaryl/α,β-unsaturated/α-hetero) is 1. The van der Waals surface area contributed by atoms with Crippen LogP contribution in [0.5, 0.6) is 0 Å². The Balaban J connectivity index is 1.20.